The molecule has 5 aliphatic rings. The molecule has 0 bridgehead atoms. The van der Waals surface area contributed by atoms with Gasteiger partial charge >= 0.3 is 0 Å². The highest BCUT2D eigenvalue weighted by atomic mass is 15.1. The second-order valence-electron chi connectivity index (χ2n) is 30.7. The van der Waals surface area contributed by atoms with Crippen LogP contribution in [0, 0.1) is 0 Å². The van der Waals surface area contributed by atoms with Crippen molar-refractivity contribution < 1.29 is 0 Å². The fraction of sp³-hybridized carbons (Fsp3) is 0.0488. The summed E-state index contributed by atoms with van der Waals surface area (Å²) >= 11 is 0. The summed E-state index contributed by atoms with van der Waals surface area (Å²) in [7, 11) is 0. The minimum absolute atomic E-state index is 0.0793. The van der Waals surface area contributed by atoms with E-state index in [0.717, 1.165) is 0 Å². The molecule has 85 heavy (non-hydrogen) atoms. The smallest absolute Gasteiger partial charge is 0.0579 e. The largest absolute Gasteiger partial charge is 0.301 e. The van der Waals surface area contributed by atoms with Gasteiger partial charge in [-0.3, -0.25) is 9.97 Å². The molecule has 3 nitrogen and oxygen atoms in total. The molecule has 35 aromatic rings. The van der Waals surface area contributed by atoms with Crippen LogP contribution in [-0.4, -0.2) is 9.97 Å². The molecule has 2 aromatic heterocycles. The van der Waals surface area contributed by atoms with Crippen molar-refractivity contribution in [2.75, 3.05) is 0 Å². The second kappa shape index (κ2) is 7.38. The van der Waals surface area contributed by atoms with Crippen LogP contribution < -0.4 is 5.32 Å². The Kier molecular flexibility index (Phi) is 2.76. The molecule has 4 aliphatic carbocycles. The Morgan fingerprint density at radius 2 is 0.341 bits per heavy atom. The van der Waals surface area contributed by atoms with Crippen LogP contribution in [0.4, 0.5) is 0 Å². The van der Waals surface area contributed by atoms with E-state index < -0.39 is 10.8 Å². The van der Waals surface area contributed by atoms with Crippen molar-refractivity contribution in [1.29, 1.82) is 0 Å². The van der Waals surface area contributed by atoms with Gasteiger partial charge in [-0.15, -0.1) is 0 Å². The number of hydrogen-bond acceptors (Lipinski definition) is 3. The lowest BCUT2D eigenvalue weighted by molar-refractivity contribution is 0.333. The van der Waals surface area contributed by atoms with Gasteiger partial charge in [0.25, 0.3) is 0 Å². The van der Waals surface area contributed by atoms with Crippen molar-refractivity contribution in [1.82, 2.24) is 15.3 Å². The zero-order chi connectivity index (χ0) is 50.3. The van der Waals surface area contributed by atoms with E-state index in [-0.39, 0.29) is 12.1 Å². The molecule has 0 radical (unpaired) electrons. The summed E-state index contributed by atoms with van der Waals surface area (Å²) < 4.78 is 0. The van der Waals surface area contributed by atoms with Crippen LogP contribution in [0.25, 0.3) is 345 Å². The third-order valence-corrected chi connectivity index (χ3v) is 30.4. The molecule has 354 valence electrons. The van der Waals surface area contributed by atoms with Crippen LogP contribution in [0.2, 0.25) is 0 Å². The molecule has 1 saturated heterocycles. The van der Waals surface area contributed by atoms with Crippen LogP contribution in [0.3, 0.4) is 0 Å². The average molecular weight is 1040 g/mol. The summed E-state index contributed by atoms with van der Waals surface area (Å²) in [6.07, 6.45) is 8.64. The van der Waals surface area contributed by atoms with Crippen molar-refractivity contribution in [3.05, 3.63) is 82.4 Å². The van der Waals surface area contributed by atoms with Gasteiger partial charge < -0.3 is 5.32 Å². The molecule has 2 atom stereocenters. The van der Waals surface area contributed by atoms with Gasteiger partial charge in [-0.25, -0.2) is 0 Å². The Morgan fingerprint density at radius 3 is 0.471 bits per heavy atom. The van der Waals surface area contributed by atoms with Crippen LogP contribution in [0.15, 0.2) is 49.1 Å². The molecule has 1 aliphatic heterocycles. The van der Waals surface area contributed by atoms with Gasteiger partial charge in [0.05, 0.1) is 10.8 Å². The van der Waals surface area contributed by atoms with Gasteiger partial charge in [0.2, 0.25) is 0 Å². The van der Waals surface area contributed by atoms with E-state index in [1.165, 1.54) is 11.1 Å². The molecule has 2 spiro atoms. The van der Waals surface area contributed by atoms with E-state index in [2.05, 4.69) is 36.7 Å². The molecule has 33 aromatic carbocycles. The highest BCUT2D eigenvalue weighted by Crippen LogP contribution is 2.88. The fourth-order valence-electron chi connectivity index (χ4n) is 30.4. The van der Waals surface area contributed by atoms with E-state index >= 15 is 0 Å². The third-order valence-electron chi connectivity index (χ3n) is 30.4. The average Bonchev–Trinajstić information content (AvgIpc) is 1.39. The van der Waals surface area contributed by atoms with Crippen LogP contribution in [0.1, 0.15) is 45.5 Å². The maximum Gasteiger partial charge on any atom is 0.0579 e. The van der Waals surface area contributed by atoms with E-state index in [1.54, 1.807) is 367 Å². The maximum atomic E-state index is 5.19. The standard InChI is InChI=1S/C82H11N3/c1-3-9(7-83-5-1)79-81-75-67-59-49-39-32-23-17-11-12-14-16-15-13(11)19-26-21(15)30-31-22(16)27-20(14)29-25(18(12)23)34-40(32)50(49)60-54-44(34)36(29)46-38(27)48-42(31)52-51-41(30)47-37(26)45-35-28(19)24(17)33(39)43(35)53(59)63-57(45)65-55(47)61(51)69-70-62(52)56(48)66-58(46)64(54)72(76(81)68(60)67)74(66)78(70)82(81,77(69)73(65)71(63)75)80(85-79)10-4-2-6-84-8-10/h1-8,79-80,85H/t79-,80+,81?,82?/m1/s1. The van der Waals surface area contributed by atoms with Crippen LogP contribution in [-0.2, 0) is 10.8 Å². The van der Waals surface area contributed by atoms with Gasteiger partial charge in [-0.1, -0.05) is 12.1 Å². The maximum absolute atomic E-state index is 5.19. The van der Waals surface area contributed by atoms with Gasteiger partial charge in [0, 0.05) is 36.9 Å². The first-order chi connectivity index (χ1) is 42.4. The molecular formula is C82H11N3. The van der Waals surface area contributed by atoms with Crippen molar-refractivity contribution in [2.24, 2.45) is 0 Å². The molecule has 0 amide bonds. The first-order valence-corrected chi connectivity index (χ1v) is 31.5. The Bertz CT molecular complexity index is 8950. The van der Waals surface area contributed by atoms with Crippen molar-refractivity contribution >= 4 is 345 Å². The third kappa shape index (κ3) is 1.75. The molecule has 0 saturated carbocycles. The van der Waals surface area contributed by atoms with E-state index in [4.69, 9.17) is 15.3 Å². The Labute approximate surface area is 462 Å². The van der Waals surface area contributed by atoms with Crippen molar-refractivity contribution in [3.63, 3.8) is 0 Å². The first kappa shape index (κ1) is 31.7. The lowest BCUT2D eigenvalue weighted by atomic mass is 9.45. The van der Waals surface area contributed by atoms with Gasteiger partial charge in [-0.05, 0) is 390 Å². The molecule has 1 N–H and O–H groups in total. The van der Waals surface area contributed by atoms with Crippen molar-refractivity contribution in [2.45, 2.75) is 22.9 Å². The minimum Gasteiger partial charge on any atom is -0.301 e. The molecular weight excluding hydrogens is 1030 g/mol. The molecule has 40 rings (SSSR count). The van der Waals surface area contributed by atoms with E-state index in [1.807, 2.05) is 12.4 Å². The predicted octanol–water partition coefficient (Wildman–Crippen LogP) is 21.1. The van der Waals surface area contributed by atoms with Crippen LogP contribution in [0.5, 0.6) is 0 Å². The van der Waals surface area contributed by atoms with Gasteiger partial charge in [-0.2, -0.15) is 0 Å². The number of aromatic nitrogens is 2. The zero-order valence-corrected chi connectivity index (χ0v) is 43.2. The molecule has 0 unspecified atom stereocenters. The van der Waals surface area contributed by atoms with Crippen molar-refractivity contribution in [3.8, 4) is 0 Å². The highest BCUT2D eigenvalue weighted by Gasteiger charge is 2.77. The number of nitrogens with one attached hydrogen (secondary N) is 1. The summed E-state index contributed by atoms with van der Waals surface area (Å²) in [6, 6.07) is 9.31. The Balaban J connectivity index is 1.08. The van der Waals surface area contributed by atoms with Gasteiger partial charge in [0.1, 0.15) is 0 Å². The summed E-state index contributed by atoms with van der Waals surface area (Å²) in [4.78, 5) is 10.4. The summed E-state index contributed by atoms with van der Waals surface area (Å²) in [6.45, 7) is 0. The summed E-state index contributed by atoms with van der Waals surface area (Å²) in [5.41, 5.74) is 8.32. The Hall–Kier alpha value is -10.6. The number of nitrogens with zero attached hydrogens (tertiary/aromatic N) is 2. The predicted molar refractivity (Wildman–Crippen MR) is 354 cm³/mol. The number of hydrogen-bond donors (Lipinski definition) is 1. The quantitative estimate of drug-likeness (QED) is 0.138. The first-order valence-electron chi connectivity index (χ1n) is 31.5. The molecule has 1 fully saturated rings. The SMILES string of the molecule is c1cncc([C@H]2N[C@@H](c3cccnc3)C34c5c6c7c8c9c%10c(c%11c%12c3c3c5c5c%13c6c6c7c7c9c9c%14c%10c%10c%11c%11c%12c%12c3c3c5c5c%13c%13c6c6c7c7c9c9c%14c%14c%10c%10c%11c%11c%12c3c3c5c5c%13c%12c6c7c6c9c7c%14c%10c9c%11c3c3c5c%12c6c7c93)C824)c1. The second-order valence-corrected chi connectivity index (χ2v) is 30.7. The summed E-state index contributed by atoms with van der Waals surface area (Å²) in [5, 5.41) is 110. The lowest BCUT2D eigenvalue weighted by Crippen LogP contribution is -2.52. The monoisotopic (exact) mass is 1040 g/mol. The van der Waals surface area contributed by atoms with Gasteiger partial charge in [0.15, 0.2) is 0 Å². The molecule has 3 heteroatoms. The number of pyridine rings is 2. The van der Waals surface area contributed by atoms with E-state index in [0.29, 0.717) is 0 Å². The number of rotatable bonds is 2. The topological polar surface area (TPSA) is 37.8 Å². The fourth-order valence-corrected chi connectivity index (χ4v) is 30.4. The summed E-state index contributed by atoms with van der Waals surface area (Å²) in [5.74, 6) is 0. The normalized spacial score (nSPS) is 23.1. The van der Waals surface area contributed by atoms with Crippen LogP contribution >= 0.6 is 0 Å². The number of benzene rings is 23. The highest BCUT2D eigenvalue weighted by molar-refractivity contribution is 6.84. The zero-order valence-electron chi connectivity index (χ0n) is 43.2. The minimum atomic E-state index is -0.536. The van der Waals surface area contributed by atoms with E-state index in [9.17, 15) is 0 Å². The molecule has 3 heterocycles. The Morgan fingerprint density at radius 1 is 0.200 bits per heavy atom. The lowest BCUT2D eigenvalue weighted by Gasteiger charge is -2.53.